The van der Waals surface area contributed by atoms with E-state index in [0.29, 0.717) is 41.0 Å². The van der Waals surface area contributed by atoms with Crippen LogP contribution >= 0.6 is 0 Å². The van der Waals surface area contributed by atoms with Gasteiger partial charge < -0.3 is 14.8 Å². The van der Waals surface area contributed by atoms with Crippen LogP contribution in [0.15, 0.2) is 53.5 Å². The molecule has 1 aromatic heterocycles. The first-order chi connectivity index (χ1) is 15.4. The minimum atomic E-state index is -3.34. The average molecular weight is 471 g/mol. The van der Waals surface area contributed by atoms with Gasteiger partial charge in [-0.05, 0) is 54.2 Å². The molecule has 8 heteroatoms. The molecule has 3 N–H and O–H groups in total. The summed E-state index contributed by atoms with van der Waals surface area (Å²) in [5, 5.41) is 11.2. The zero-order valence-electron chi connectivity index (χ0n) is 19.5. The van der Waals surface area contributed by atoms with Crippen molar-refractivity contribution in [3.8, 4) is 22.6 Å². The molecular weight excluding hydrogens is 440 g/mol. The molecule has 0 radical (unpaired) electrons. The van der Waals surface area contributed by atoms with Crippen LogP contribution in [-0.4, -0.2) is 31.9 Å². The fourth-order valence-corrected chi connectivity index (χ4v) is 4.36. The molecule has 0 unspecified atom stereocenters. The second-order valence-electron chi connectivity index (χ2n) is 9.07. The maximum absolute atomic E-state index is 12.5. The number of aromatic hydroxyl groups is 1. The number of hydrogen-bond acceptors (Lipinski definition) is 5. The molecule has 0 bridgehead atoms. The highest BCUT2D eigenvalue weighted by Gasteiger charge is 2.27. The van der Waals surface area contributed by atoms with E-state index < -0.39 is 10.0 Å². The number of benzene rings is 2. The zero-order valence-corrected chi connectivity index (χ0v) is 20.3. The number of aromatic amines is 1. The van der Waals surface area contributed by atoms with Gasteiger partial charge in [-0.15, -0.1) is 0 Å². The molecule has 0 aliphatic rings. The molecule has 7 nitrogen and oxygen atoms in total. The Morgan fingerprint density at radius 2 is 1.73 bits per heavy atom. The van der Waals surface area contributed by atoms with Crippen molar-refractivity contribution in [1.29, 1.82) is 0 Å². The van der Waals surface area contributed by atoms with E-state index in [1.165, 1.54) is 0 Å². The van der Waals surface area contributed by atoms with Crippen molar-refractivity contribution in [3.63, 3.8) is 0 Å². The summed E-state index contributed by atoms with van der Waals surface area (Å²) in [4.78, 5) is 15.1. The van der Waals surface area contributed by atoms with E-state index in [1.54, 1.807) is 37.6 Å². The number of aryl methyl sites for hydroxylation is 1. The van der Waals surface area contributed by atoms with Gasteiger partial charge in [0, 0.05) is 28.6 Å². The summed E-state index contributed by atoms with van der Waals surface area (Å²) in [6.07, 6.45) is 3.71. The number of sulfonamides is 1. The Hall–Kier alpha value is -3.26. The second-order valence-corrected chi connectivity index (χ2v) is 10.8. The quantitative estimate of drug-likeness (QED) is 0.479. The Morgan fingerprint density at radius 1 is 1.06 bits per heavy atom. The summed E-state index contributed by atoms with van der Waals surface area (Å²) < 4.78 is 31.0. The number of rotatable bonds is 7. The largest absolute Gasteiger partial charge is 0.507 e. The van der Waals surface area contributed by atoms with E-state index in [2.05, 4.69) is 30.5 Å². The van der Waals surface area contributed by atoms with E-state index in [1.807, 2.05) is 18.2 Å². The number of H-pyrrole nitrogens is 1. The molecule has 0 atom stereocenters. The number of aromatic nitrogens is 1. The third-order valence-corrected chi connectivity index (χ3v) is 6.00. The Labute approximate surface area is 194 Å². The van der Waals surface area contributed by atoms with Gasteiger partial charge in [0.15, 0.2) is 0 Å². The third kappa shape index (κ3) is 5.76. The van der Waals surface area contributed by atoms with Crippen LogP contribution in [0.1, 0.15) is 37.5 Å². The minimum Gasteiger partial charge on any atom is -0.507 e. The van der Waals surface area contributed by atoms with Gasteiger partial charge >= 0.3 is 0 Å². The molecule has 0 saturated heterocycles. The zero-order chi connectivity index (χ0) is 24.4. The summed E-state index contributed by atoms with van der Waals surface area (Å²) in [5.41, 5.74) is 3.26. The Bertz CT molecular complexity index is 1300. The lowest BCUT2D eigenvalue weighted by atomic mass is 9.82. The van der Waals surface area contributed by atoms with Gasteiger partial charge in [-0.2, -0.15) is 0 Å². The first-order valence-corrected chi connectivity index (χ1v) is 12.5. The van der Waals surface area contributed by atoms with Crippen LogP contribution in [0.2, 0.25) is 0 Å². The number of methoxy groups -OCH3 is 1. The molecule has 3 rings (SSSR count). The highest BCUT2D eigenvalue weighted by Crippen LogP contribution is 2.44. The third-order valence-electron chi connectivity index (χ3n) is 5.39. The predicted molar refractivity (Wildman–Crippen MR) is 132 cm³/mol. The van der Waals surface area contributed by atoms with Crippen LogP contribution in [0.4, 0.5) is 5.69 Å². The van der Waals surface area contributed by atoms with Gasteiger partial charge in [0.2, 0.25) is 10.0 Å². The molecule has 0 fully saturated rings. The highest BCUT2D eigenvalue weighted by atomic mass is 32.2. The minimum absolute atomic E-state index is 0.0203. The Kier molecular flexibility index (Phi) is 6.88. The Balaban J connectivity index is 2.04. The molecule has 3 aromatic rings. The molecule has 0 spiro atoms. The number of anilines is 1. The summed E-state index contributed by atoms with van der Waals surface area (Å²) in [6.45, 7) is 6.16. The van der Waals surface area contributed by atoms with Crippen LogP contribution in [-0.2, 0) is 28.3 Å². The predicted octanol–water partition coefficient (Wildman–Crippen LogP) is 4.21. The molecule has 0 amide bonds. The second kappa shape index (κ2) is 9.31. The SMILES string of the molecule is COc1c(C(C)(C)C)cc(-c2ccc[nH]c2=O)c(O)c1CCc1ccc(NS(C)(=O)=O)cc1. The lowest BCUT2D eigenvalue weighted by Crippen LogP contribution is -2.16. The van der Waals surface area contributed by atoms with Crippen LogP contribution < -0.4 is 15.0 Å². The van der Waals surface area contributed by atoms with Gasteiger partial charge in [0.1, 0.15) is 11.5 Å². The number of ether oxygens (including phenoxy) is 1. The van der Waals surface area contributed by atoms with Gasteiger partial charge in [-0.1, -0.05) is 32.9 Å². The van der Waals surface area contributed by atoms with Crippen molar-refractivity contribution < 1.29 is 18.3 Å². The molecule has 33 heavy (non-hydrogen) atoms. The van der Waals surface area contributed by atoms with Crippen LogP contribution in [0.3, 0.4) is 0 Å². The smallest absolute Gasteiger partial charge is 0.255 e. The van der Waals surface area contributed by atoms with E-state index in [4.69, 9.17) is 4.74 Å². The Morgan fingerprint density at radius 3 is 2.27 bits per heavy atom. The lowest BCUT2D eigenvalue weighted by Gasteiger charge is -2.26. The molecule has 176 valence electrons. The summed E-state index contributed by atoms with van der Waals surface area (Å²) in [5.74, 6) is 0.624. The number of pyridine rings is 1. The molecular formula is C25H30N2O5S. The van der Waals surface area contributed by atoms with Gasteiger partial charge in [-0.3, -0.25) is 9.52 Å². The van der Waals surface area contributed by atoms with Crippen LogP contribution in [0, 0.1) is 0 Å². The molecule has 0 aliphatic carbocycles. The summed E-state index contributed by atoms with van der Waals surface area (Å²) >= 11 is 0. The fourth-order valence-electron chi connectivity index (χ4n) is 3.79. The number of phenols is 1. The topological polar surface area (TPSA) is 108 Å². The number of phenolic OH excluding ortho intramolecular Hbond substituents is 1. The number of hydrogen-bond donors (Lipinski definition) is 3. The van der Waals surface area contributed by atoms with E-state index >= 15 is 0 Å². The monoisotopic (exact) mass is 470 g/mol. The standard InChI is InChI=1S/C25H30N2O5S/c1-25(2,3)21-15-20(18-7-6-14-26-24(18)29)22(28)19(23(21)32-4)13-10-16-8-11-17(12-9-16)27-33(5,30)31/h6-9,11-12,14-15,27-28H,10,13H2,1-5H3,(H,26,29). The summed E-state index contributed by atoms with van der Waals surface area (Å²) in [6, 6.07) is 12.3. The maximum Gasteiger partial charge on any atom is 0.255 e. The van der Waals surface area contributed by atoms with Gasteiger partial charge in [0.25, 0.3) is 5.56 Å². The normalized spacial score (nSPS) is 11.9. The molecule has 0 aliphatic heterocycles. The first-order valence-electron chi connectivity index (χ1n) is 10.6. The van der Waals surface area contributed by atoms with Crippen molar-refractivity contribution in [1.82, 2.24) is 4.98 Å². The molecule has 1 heterocycles. The van der Waals surface area contributed by atoms with Gasteiger partial charge in [-0.25, -0.2) is 8.42 Å². The van der Waals surface area contributed by atoms with E-state index in [0.717, 1.165) is 17.4 Å². The van der Waals surface area contributed by atoms with Crippen molar-refractivity contribution in [2.24, 2.45) is 0 Å². The molecule has 2 aromatic carbocycles. The highest BCUT2D eigenvalue weighted by molar-refractivity contribution is 7.92. The average Bonchev–Trinajstić information content (AvgIpc) is 2.72. The van der Waals surface area contributed by atoms with Crippen LogP contribution in [0.25, 0.3) is 11.1 Å². The molecule has 0 saturated carbocycles. The summed E-state index contributed by atoms with van der Waals surface area (Å²) in [7, 11) is -1.76. The first kappa shape index (κ1) is 24.4. The van der Waals surface area contributed by atoms with Crippen molar-refractivity contribution in [3.05, 3.63) is 75.7 Å². The van der Waals surface area contributed by atoms with E-state index in [-0.39, 0.29) is 16.7 Å². The maximum atomic E-state index is 12.5. The van der Waals surface area contributed by atoms with Crippen molar-refractivity contribution in [2.45, 2.75) is 39.0 Å². The van der Waals surface area contributed by atoms with Gasteiger partial charge in [0.05, 0.1) is 18.9 Å². The van der Waals surface area contributed by atoms with Crippen molar-refractivity contribution >= 4 is 15.7 Å². The lowest BCUT2D eigenvalue weighted by molar-refractivity contribution is 0.384. The van der Waals surface area contributed by atoms with E-state index in [9.17, 15) is 18.3 Å². The van der Waals surface area contributed by atoms with Crippen LogP contribution in [0.5, 0.6) is 11.5 Å². The number of nitrogens with one attached hydrogen (secondary N) is 2. The fraction of sp³-hybridized carbons (Fsp3) is 0.320. The van der Waals surface area contributed by atoms with Crippen molar-refractivity contribution in [2.75, 3.05) is 18.1 Å².